The van der Waals surface area contributed by atoms with Crippen LogP contribution >= 0.6 is 0 Å². The third kappa shape index (κ3) is 2.72. The van der Waals surface area contributed by atoms with Crippen LogP contribution in [0.2, 0.25) is 0 Å². The van der Waals surface area contributed by atoms with Crippen LogP contribution in [0.4, 0.5) is 5.69 Å². The maximum atomic E-state index is 13.8. The van der Waals surface area contributed by atoms with Crippen LogP contribution in [0, 0.1) is 18.8 Å². The van der Waals surface area contributed by atoms with E-state index in [1.165, 1.54) is 4.90 Å². The normalized spacial score (nSPS) is 28.4. The van der Waals surface area contributed by atoms with Gasteiger partial charge in [-0.25, -0.2) is 0 Å². The lowest BCUT2D eigenvalue weighted by atomic mass is 9.76. The molecule has 0 aromatic heterocycles. The maximum absolute atomic E-state index is 13.8. The number of fused-ring (bicyclic) bond motifs is 5. The summed E-state index contributed by atoms with van der Waals surface area (Å²) in [5.74, 6) is -2.69. The number of aryl methyl sites for hydroxylation is 1. The maximum Gasteiger partial charge on any atom is 0.250 e. The Morgan fingerprint density at radius 1 is 1.12 bits per heavy atom. The summed E-state index contributed by atoms with van der Waals surface area (Å²) in [5.41, 5.74) is 6.79. The molecule has 4 atom stereocenters. The molecule has 4 amide bonds. The quantitative estimate of drug-likeness (QED) is 0.563. The van der Waals surface area contributed by atoms with E-state index in [1.54, 1.807) is 24.3 Å². The Labute approximate surface area is 194 Å². The summed E-state index contributed by atoms with van der Waals surface area (Å²) >= 11 is 0. The number of benzene rings is 2. The highest BCUT2D eigenvalue weighted by atomic mass is 16.7. The van der Waals surface area contributed by atoms with Crippen LogP contribution in [0.1, 0.15) is 23.1 Å². The Kier molecular flexibility index (Phi) is 4.28. The minimum absolute atomic E-state index is 0.0168. The van der Waals surface area contributed by atoms with Crippen molar-refractivity contribution in [1.29, 1.82) is 0 Å². The number of anilines is 1. The molecule has 4 N–H and O–H groups in total. The van der Waals surface area contributed by atoms with E-state index in [2.05, 4.69) is 10.6 Å². The van der Waals surface area contributed by atoms with Crippen LogP contribution in [0.3, 0.4) is 0 Å². The van der Waals surface area contributed by atoms with Crippen LogP contribution in [0.15, 0.2) is 36.4 Å². The molecule has 2 fully saturated rings. The molecule has 2 aromatic rings. The van der Waals surface area contributed by atoms with Crippen molar-refractivity contribution >= 4 is 29.3 Å². The Balaban J connectivity index is 1.42. The van der Waals surface area contributed by atoms with Crippen molar-refractivity contribution in [3.63, 3.8) is 0 Å². The summed E-state index contributed by atoms with van der Waals surface area (Å²) in [7, 11) is 0. The number of primary amides is 1. The summed E-state index contributed by atoms with van der Waals surface area (Å²) in [6.07, 6.45) is -0.172. The van der Waals surface area contributed by atoms with Crippen LogP contribution < -0.4 is 25.8 Å². The van der Waals surface area contributed by atoms with Crippen molar-refractivity contribution in [2.24, 2.45) is 17.6 Å². The predicted octanol–water partition coefficient (Wildman–Crippen LogP) is 0.520. The van der Waals surface area contributed by atoms with E-state index in [4.69, 9.17) is 15.2 Å². The van der Waals surface area contributed by atoms with Gasteiger partial charge in [0.15, 0.2) is 11.5 Å². The molecule has 6 rings (SSSR count). The first-order chi connectivity index (χ1) is 16.3. The van der Waals surface area contributed by atoms with Gasteiger partial charge in [0.05, 0.1) is 18.4 Å². The second-order valence-corrected chi connectivity index (χ2v) is 9.19. The van der Waals surface area contributed by atoms with Crippen LogP contribution in [-0.4, -0.2) is 41.4 Å². The van der Waals surface area contributed by atoms with Gasteiger partial charge in [-0.2, -0.15) is 0 Å². The number of carbonyl (C=O) groups is 4. The first kappa shape index (κ1) is 20.7. The molecule has 4 aliphatic rings. The van der Waals surface area contributed by atoms with Gasteiger partial charge in [0, 0.05) is 23.7 Å². The second kappa shape index (κ2) is 7.04. The predicted molar refractivity (Wildman–Crippen MR) is 117 cm³/mol. The number of hydrogen-bond donors (Lipinski definition) is 3. The molecular formula is C24H22N4O6. The van der Waals surface area contributed by atoms with Gasteiger partial charge in [0.25, 0.3) is 0 Å². The summed E-state index contributed by atoms with van der Waals surface area (Å²) in [6.45, 7) is 2.02. The lowest BCUT2D eigenvalue weighted by Crippen LogP contribution is -2.53. The third-order valence-corrected chi connectivity index (χ3v) is 7.16. The van der Waals surface area contributed by atoms with E-state index in [0.717, 1.165) is 5.56 Å². The molecule has 0 unspecified atom stereocenters. The van der Waals surface area contributed by atoms with Gasteiger partial charge >= 0.3 is 0 Å². The summed E-state index contributed by atoms with van der Waals surface area (Å²) in [4.78, 5) is 53.8. The molecule has 34 heavy (non-hydrogen) atoms. The molecule has 0 bridgehead atoms. The standard InChI is InChI=1S/C24H22N4O6/c1-11-2-4-14-13(6-11)24(23(32)26-14)20-19(15(27-24)8-18(25)29)21(30)28(22(20)31)9-12-3-5-16-17(7-12)34-10-33-16/h2-7,15,19-20,27H,8-10H2,1H3,(H2,25,29)(H,26,32)/t15-,19-,20-,24-/m1/s1. The smallest absolute Gasteiger partial charge is 0.250 e. The monoisotopic (exact) mass is 462 g/mol. The molecule has 1 spiro atoms. The molecule has 0 saturated carbocycles. The van der Waals surface area contributed by atoms with Crippen molar-refractivity contribution in [1.82, 2.24) is 10.2 Å². The Hall–Kier alpha value is -3.92. The van der Waals surface area contributed by atoms with Gasteiger partial charge < -0.3 is 20.5 Å². The van der Waals surface area contributed by atoms with Crippen LogP contribution in [-0.2, 0) is 31.3 Å². The lowest BCUT2D eigenvalue weighted by molar-refractivity contribution is -0.143. The van der Waals surface area contributed by atoms with Gasteiger partial charge in [-0.15, -0.1) is 0 Å². The summed E-state index contributed by atoms with van der Waals surface area (Å²) < 4.78 is 10.7. The van der Waals surface area contributed by atoms with E-state index in [9.17, 15) is 19.2 Å². The van der Waals surface area contributed by atoms with Crippen molar-refractivity contribution in [3.8, 4) is 11.5 Å². The van der Waals surface area contributed by atoms with E-state index >= 15 is 0 Å². The molecule has 2 aromatic carbocycles. The van der Waals surface area contributed by atoms with E-state index in [1.807, 2.05) is 19.1 Å². The number of nitrogens with two attached hydrogens (primary N) is 1. The molecule has 0 aliphatic carbocycles. The molecular weight excluding hydrogens is 440 g/mol. The van der Waals surface area contributed by atoms with Crippen LogP contribution in [0.25, 0.3) is 0 Å². The SMILES string of the molecule is Cc1ccc2c(c1)[C@]1(N[C@H](CC(N)=O)[C@H]3C(=O)N(Cc4ccc5c(c4)OCO5)C(=O)[C@@H]31)C(=O)N2. The molecule has 2 saturated heterocycles. The average Bonchev–Trinajstić information content (AvgIpc) is 3.51. The summed E-state index contributed by atoms with van der Waals surface area (Å²) in [5, 5.41) is 6.04. The van der Waals surface area contributed by atoms with Crippen molar-refractivity contribution in [3.05, 3.63) is 53.1 Å². The molecule has 10 nitrogen and oxygen atoms in total. The number of carbonyl (C=O) groups excluding carboxylic acids is 4. The lowest BCUT2D eigenvalue weighted by Gasteiger charge is -2.29. The van der Waals surface area contributed by atoms with E-state index in [0.29, 0.717) is 28.3 Å². The highest BCUT2D eigenvalue weighted by Gasteiger charge is 2.70. The number of nitrogens with one attached hydrogen (secondary N) is 2. The largest absolute Gasteiger partial charge is 0.454 e. The number of imide groups is 1. The third-order valence-electron chi connectivity index (χ3n) is 7.16. The number of rotatable bonds is 4. The molecule has 174 valence electrons. The van der Waals surface area contributed by atoms with Gasteiger partial charge in [0.2, 0.25) is 30.4 Å². The van der Waals surface area contributed by atoms with Gasteiger partial charge in [-0.05, 0) is 30.7 Å². The second-order valence-electron chi connectivity index (χ2n) is 9.19. The fraction of sp³-hybridized carbons (Fsp3) is 0.333. The summed E-state index contributed by atoms with van der Waals surface area (Å²) in [6, 6.07) is 9.94. The zero-order valence-electron chi connectivity index (χ0n) is 18.3. The highest BCUT2D eigenvalue weighted by molar-refractivity contribution is 6.15. The fourth-order valence-corrected chi connectivity index (χ4v) is 5.74. The minimum atomic E-state index is -1.46. The Bertz CT molecular complexity index is 1290. The van der Waals surface area contributed by atoms with Crippen LogP contribution in [0.5, 0.6) is 11.5 Å². The first-order valence-corrected chi connectivity index (χ1v) is 11.0. The zero-order valence-corrected chi connectivity index (χ0v) is 18.3. The number of ether oxygens (including phenoxy) is 2. The van der Waals surface area contributed by atoms with Gasteiger partial charge in [-0.1, -0.05) is 23.8 Å². The number of hydrogen-bond acceptors (Lipinski definition) is 7. The zero-order chi connectivity index (χ0) is 23.8. The fourth-order valence-electron chi connectivity index (χ4n) is 5.74. The first-order valence-electron chi connectivity index (χ1n) is 11.0. The minimum Gasteiger partial charge on any atom is -0.454 e. The number of amides is 4. The van der Waals surface area contributed by atoms with E-state index in [-0.39, 0.29) is 19.8 Å². The Morgan fingerprint density at radius 3 is 2.71 bits per heavy atom. The molecule has 10 heteroatoms. The van der Waals surface area contributed by atoms with Gasteiger partial charge in [-0.3, -0.25) is 29.4 Å². The van der Waals surface area contributed by atoms with E-state index < -0.39 is 47.0 Å². The van der Waals surface area contributed by atoms with Crippen molar-refractivity contribution in [2.45, 2.75) is 31.5 Å². The van der Waals surface area contributed by atoms with Gasteiger partial charge in [0.1, 0.15) is 5.54 Å². The molecule has 4 aliphatic heterocycles. The van der Waals surface area contributed by atoms with Crippen molar-refractivity contribution < 1.29 is 28.7 Å². The highest BCUT2D eigenvalue weighted by Crippen LogP contribution is 2.53. The number of likely N-dealkylation sites (tertiary alicyclic amines) is 1. The Morgan fingerprint density at radius 2 is 1.91 bits per heavy atom. The topological polar surface area (TPSA) is 140 Å². The molecule has 0 radical (unpaired) electrons. The number of nitrogens with zero attached hydrogens (tertiary/aromatic N) is 1. The average molecular weight is 462 g/mol. The van der Waals surface area contributed by atoms with Crippen molar-refractivity contribution in [2.75, 3.05) is 12.1 Å². The molecule has 4 heterocycles.